The van der Waals surface area contributed by atoms with E-state index < -0.39 is 0 Å². The van der Waals surface area contributed by atoms with Crippen LogP contribution in [-0.2, 0) is 0 Å². The molecule has 2 aromatic heterocycles. The zero-order valence-corrected chi connectivity index (χ0v) is 13.4. The number of benzene rings is 1. The number of aromatic nitrogens is 2. The summed E-state index contributed by atoms with van der Waals surface area (Å²) in [6.07, 6.45) is 2.16. The van der Waals surface area contributed by atoms with Crippen molar-refractivity contribution in [3.8, 4) is 22.2 Å². The molecule has 1 amide bonds. The molecule has 1 fully saturated rings. The standard InChI is InChI=1S/C17H15N3O2S/c1-10-2-4-11(5-3-10)17-19-15(20-22-17)13-8-9-14(23-13)16(21)18-12-6-7-12/h2-5,8-9,12H,6-7H2,1H3,(H,18,21). The summed E-state index contributed by atoms with van der Waals surface area (Å²) in [7, 11) is 0. The Bertz CT molecular complexity index is 847. The molecule has 3 aromatic rings. The Hall–Kier alpha value is -2.47. The number of carbonyl (C=O) groups is 1. The lowest BCUT2D eigenvalue weighted by molar-refractivity contribution is 0.0955. The first-order valence-corrected chi connectivity index (χ1v) is 8.32. The zero-order chi connectivity index (χ0) is 15.8. The van der Waals surface area contributed by atoms with E-state index in [1.807, 2.05) is 37.3 Å². The Morgan fingerprint density at radius 3 is 2.74 bits per heavy atom. The van der Waals surface area contributed by atoms with E-state index in [0.29, 0.717) is 22.6 Å². The first kappa shape index (κ1) is 14.1. The molecule has 0 atom stereocenters. The third-order valence-electron chi connectivity index (χ3n) is 3.69. The molecule has 1 aromatic carbocycles. The van der Waals surface area contributed by atoms with Crippen LogP contribution >= 0.6 is 11.3 Å². The third kappa shape index (κ3) is 3.03. The van der Waals surface area contributed by atoms with Gasteiger partial charge in [-0.15, -0.1) is 11.3 Å². The predicted molar refractivity (Wildman–Crippen MR) is 88.3 cm³/mol. The number of amides is 1. The Kier molecular flexibility index (Phi) is 3.46. The molecule has 1 N–H and O–H groups in total. The molecule has 1 aliphatic rings. The van der Waals surface area contributed by atoms with Crippen molar-refractivity contribution in [2.24, 2.45) is 0 Å². The smallest absolute Gasteiger partial charge is 0.261 e. The highest BCUT2D eigenvalue weighted by Gasteiger charge is 2.24. The van der Waals surface area contributed by atoms with E-state index in [9.17, 15) is 4.79 Å². The van der Waals surface area contributed by atoms with Crippen molar-refractivity contribution in [2.45, 2.75) is 25.8 Å². The lowest BCUT2D eigenvalue weighted by Crippen LogP contribution is -2.24. The second-order valence-corrected chi connectivity index (χ2v) is 6.78. The summed E-state index contributed by atoms with van der Waals surface area (Å²) >= 11 is 1.38. The van der Waals surface area contributed by atoms with E-state index in [4.69, 9.17) is 4.52 Å². The normalized spacial score (nSPS) is 14.0. The van der Waals surface area contributed by atoms with E-state index in [-0.39, 0.29) is 5.91 Å². The summed E-state index contributed by atoms with van der Waals surface area (Å²) in [5.74, 6) is 0.972. The molecule has 0 radical (unpaired) electrons. The number of thiophene rings is 1. The van der Waals surface area contributed by atoms with E-state index in [1.165, 1.54) is 16.9 Å². The zero-order valence-electron chi connectivity index (χ0n) is 12.6. The summed E-state index contributed by atoms with van der Waals surface area (Å²) in [6, 6.07) is 11.9. The van der Waals surface area contributed by atoms with Gasteiger partial charge in [0.15, 0.2) is 0 Å². The Labute approximate surface area is 137 Å². The van der Waals surface area contributed by atoms with Gasteiger partial charge in [0.1, 0.15) is 0 Å². The van der Waals surface area contributed by atoms with Gasteiger partial charge in [0.05, 0.1) is 9.75 Å². The van der Waals surface area contributed by atoms with Crippen molar-refractivity contribution >= 4 is 17.2 Å². The fraction of sp³-hybridized carbons (Fsp3) is 0.235. The maximum absolute atomic E-state index is 12.0. The predicted octanol–water partition coefficient (Wildman–Crippen LogP) is 3.67. The monoisotopic (exact) mass is 325 g/mol. The Morgan fingerprint density at radius 2 is 2.00 bits per heavy atom. The summed E-state index contributed by atoms with van der Waals surface area (Å²) in [6.45, 7) is 2.03. The average molecular weight is 325 g/mol. The summed E-state index contributed by atoms with van der Waals surface area (Å²) in [5, 5.41) is 7.00. The average Bonchev–Trinajstić information content (AvgIpc) is 3.05. The van der Waals surface area contributed by atoms with Crippen LogP contribution in [0.15, 0.2) is 40.9 Å². The van der Waals surface area contributed by atoms with Gasteiger partial charge in [0.2, 0.25) is 5.82 Å². The van der Waals surface area contributed by atoms with Crippen LogP contribution in [0.2, 0.25) is 0 Å². The van der Waals surface area contributed by atoms with Gasteiger partial charge in [-0.2, -0.15) is 4.98 Å². The number of hydrogen-bond donors (Lipinski definition) is 1. The topological polar surface area (TPSA) is 68.0 Å². The Morgan fingerprint density at radius 1 is 1.22 bits per heavy atom. The molecule has 0 saturated heterocycles. The quantitative estimate of drug-likeness (QED) is 0.795. The Balaban J connectivity index is 1.55. The van der Waals surface area contributed by atoms with Crippen molar-refractivity contribution < 1.29 is 9.32 Å². The number of carbonyl (C=O) groups excluding carboxylic acids is 1. The van der Waals surface area contributed by atoms with Crippen LogP contribution in [-0.4, -0.2) is 22.1 Å². The molecule has 2 heterocycles. The summed E-state index contributed by atoms with van der Waals surface area (Å²) in [4.78, 5) is 18.0. The molecule has 4 rings (SSSR count). The minimum Gasteiger partial charge on any atom is -0.349 e. The highest BCUT2D eigenvalue weighted by Crippen LogP contribution is 2.29. The van der Waals surface area contributed by atoms with Crippen molar-refractivity contribution in [3.05, 3.63) is 46.8 Å². The number of aryl methyl sites for hydroxylation is 1. The van der Waals surface area contributed by atoms with E-state index in [1.54, 1.807) is 6.07 Å². The van der Waals surface area contributed by atoms with Crippen LogP contribution in [0.25, 0.3) is 22.2 Å². The lowest BCUT2D eigenvalue weighted by atomic mass is 10.1. The van der Waals surface area contributed by atoms with E-state index >= 15 is 0 Å². The number of nitrogens with zero attached hydrogens (tertiary/aromatic N) is 2. The van der Waals surface area contributed by atoms with Gasteiger partial charge in [-0.25, -0.2) is 0 Å². The minimum atomic E-state index is -0.0222. The molecule has 0 spiro atoms. The molecular formula is C17H15N3O2S. The molecule has 116 valence electrons. The number of nitrogens with one attached hydrogen (secondary N) is 1. The third-order valence-corrected chi connectivity index (χ3v) is 4.77. The maximum Gasteiger partial charge on any atom is 0.261 e. The molecule has 23 heavy (non-hydrogen) atoms. The number of hydrogen-bond acceptors (Lipinski definition) is 5. The minimum absolute atomic E-state index is 0.0222. The molecule has 1 aliphatic carbocycles. The number of rotatable bonds is 4. The van der Waals surface area contributed by atoms with Gasteiger partial charge in [-0.3, -0.25) is 4.79 Å². The van der Waals surface area contributed by atoms with Crippen LogP contribution in [0.4, 0.5) is 0 Å². The van der Waals surface area contributed by atoms with Gasteiger partial charge in [0, 0.05) is 11.6 Å². The van der Waals surface area contributed by atoms with Crippen LogP contribution in [0, 0.1) is 6.92 Å². The van der Waals surface area contributed by atoms with Gasteiger partial charge < -0.3 is 9.84 Å². The largest absolute Gasteiger partial charge is 0.349 e. The van der Waals surface area contributed by atoms with Crippen LogP contribution < -0.4 is 5.32 Å². The highest BCUT2D eigenvalue weighted by atomic mass is 32.1. The van der Waals surface area contributed by atoms with Gasteiger partial charge in [-0.05, 0) is 44.0 Å². The second kappa shape index (κ2) is 5.62. The molecule has 0 bridgehead atoms. The SMILES string of the molecule is Cc1ccc(-c2nc(-c3ccc(C(=O)NC4CC4)s3)no2)cc1. The van der Waals surface area contributed by atoms with Gasteiger partial charge in [0.25, 0.3) is 11.8 Å². The first-order valence-electron chi connectivity index (χ1n) is 7.51. The molecule has 0 unspecified atom stereocenters. The highest BCUT2D eigenvalue weighted by molar-refractivity contribution is 7.17. The fourth-order valence-corrected chi connectivity index (χ4v) is 3.04. The summed E-state index contributed by atoms with van der Waals surface area (Å²) < 4.78 is 5.33. The molecule has 6 heteroatoms. The molecule has 1 saturated carbocycles. The maximum atomic E-state index is 12.0. The van der Waals surface area contributed by atoms with Crippen molar-refractivity contribution in [2.75, 3.05) is 0 Å². The van der Waals surface area contributed by atoms with E-state index in [2.05, 4.69) is 15.5 Å². The van der Waals surface area contributed by atoms with Crippen molar-refractivity contribution in [1.29, 1.82) is 0 Å². The second-order valence-electron chi connectivity index (χ2n) is 5.70. The molecule has 5 nitrogen and oxygen atoms in total. The van der Waals surface area contributed by atoms with Crippen LogP contribution in [0.3, 0.4) is 0 Å². The van der Waals surface area contributed by atoms with Crippen molar-refractivity contribution in [1.82, 2.24) is 15.5 Å². The van der Waals surface area contributed by atoms with Crippen molar-refractivity contribution in [3.63, 3.8) is 0 Å². The fourth-order valence-electron chi connectivity index (χ4n) is 2.20. The molecule has 0 aliphatic heterocycles. The van der Waals surface area contributed by atoms with E-state index in [0.717, 1.165) is 23.3 Å². The first-order chi connectivity index (χ1) is 11.2. The summed E-state index contributed by atoms with van der Waals surface area (Å²) in [5.41, 5.74) is 2.07. The molecular weight excluding hydrogens is 310 g/mol. The van der Waals surface area contributed by atoms with Crippen LogP contribution in [0.1, 0.15) is 28.1 Å². The lowest BCUT2D eigenvalue weighted by Gasteiger charge is -1.98. The van der Waals surface area contributed by atoms with Gasteiger partial charge in [-0.1, -0.05) is 22.9 Å². The van der Waals surface area contributed by atoms with Gasteiger partial charge >= 0.3 is 0 Å². The van der Waals surface area contributed by atoms with Crippen LogP contribution in [0.5, 0.6) is 0 Å².